The zero-order valence-corrected chi connectivity index (χ0v) is 11.0. The van der Waals surface area contributed by atoms with Gasteiger partial charge in [-0.3, -0.25) is 4.79 Å². The van der Waals surface area contributed by atoms with Gasteiger partial charge in [-0.15, -0.1) is 0 Å². The van der Waals surface area contributed by atoms with Crippen molar-refractivity contribution in [2.75, 3.05) is 19.6 Å². The smallest absolute Gasteiger partial charge is 0.256 e. The van der Waals surface area contributed by atoms with Crippen LogP contribution in [0.3, 0.4) is 0 Å². The molecule has 1 aliphatic rings. The number of halogens is 2. The first kappa shape index (κ1) is 13.2. The molecule has 0 saturated carbocycles. The zero-order chi connectivity index (χ0) is 13.1. The van der Waals surface area contributed by atoms with E-state index in [2.05, 4.69) is 11.4 Å². The van der Waals surface area contributed by atoms with E-state index in [4.69, 9.17) is 28.5 Å². The third-order valence-electron chi connectivity index (χ3n) is 2.81. The summed E-state index contributed by atoms with van der Waals surface area (Å²) in [5.74, 6) is -0.232. The largest absolute Gasteiger partial charge is 0.320 e. The number of carbonyl (C=O) groups excluding carboxylic acids is 1. The molecule has 1 heterocycles. The third kappa shape index (κ3) is 2.59. The van der Waals surface area contributed by atoms with Crippen LogP contribution < -0.4 is 5.32 Å². The van der Waals surface area contributed by atoms with Gasteiger partial charge in [0.15, 0.2) is 0 Å². The van der Waals surface area contributed by atoms with E-state index in [0.29, 0.717) is 35.2 Å². The van der Waals surface area contributed by atoms with Gasteiger partial charge in [-0.25, -0.2) is 0 Å². The molecule has 1 atom stereocenters. The monoisotopic (exact) mass is 283 g/mol. The van der Waals surface area contributed by atoms with Crippen molar-refractivity contribution in [3.8, 4) is 6.07 Å². The maximum atomic E-state index is 12.3. The molecule has 1 fully saturated rings. The van der Waals surface area contributed by atoms with Crippen LogP contribution in [0.15, 0.2) is 18.2 Å². The van der Waals surface area contributed by atoms with Crippen molar-refractivity contribution in [3.63, 3.8) is 0 Å². The number of piperazine rings is 1. The van der Waals surface area contributed by atoms with E-state index < -0.39 is 6.04 Å². The Balaban J connectivity index is 2.27. The normalized spacial score (nSPS) is 19.4. The number of hydrogen-bond acceptors (Lipinski definition) is 3. The molecule has 18 heavy (non-hydrogen) atoms. The van der Waals surface area contributed by atoms with E-state index in [1.165, 1.54) is 11.0 Å². The van der Waals surface area contributed by atoms with Crippen LogP contribution in [0.25, 0.3) is 0 Å². The number of nitrogens with zero attached hydrogens (tertiary/aromatic N) is 2. The van der Waals surface area contributed by atoms with E-state index in [9.17, 15) is 4.79 Å². The van der Waals surface area contributed by atoms with Crippen LogP contribution in [0.1, 0.15) is 10.4 Å². The average Bonchev–Trinajstić information content (AvgIpc) is 2.38. The second-order valence-electron chi connectivity index (χ2n) is 3.97. The number of nitriles is 1. The summed E-state index contributed by atoms with van der Waals surface area (Å²) >= 11 is 11.8. The van der Waals surface area contributed by atoms with Crippen LogP contribution in [-0.2, 0) is 0 Å². The second kappa shape index (κ2) is 5.57. The summed E-state index contributed by atoms with van der Waals surface area (Å²) in [4.78, 5) is 13.9. The Bertz CT molecular complexity index is 513. The molecule has 4 nitrogen and oxygen atoms in total. The van der Waals surface area contributed by atoms with Gasteiger partial charge in [0.2, 0.25) is 0 Å². The minimum absolute atomic E-state index is 0.232. The molecule has 1 aliphatic heterocycles. The second-order valence-corrected chi connectivity index (χ2v) is 4.82. The highest BCUT2D eigenvalue weighted by atomic mass is 35.5. The summed E-state index contributed by atoms with van der Waals surface area (Å²) in [6.45, 7) is 1.65. The number of nitrogens with one attached hydrogen (secondary N) is 1. The Morgan fingerprint density at radius 3 is 2.94 bits per heavy atom. The predicted molar refractivity (Wildman–Crippen MR) is 69.8 cm³/mol. The van der Waals surface area contributed by atoms with Gasteiger partial charge in [-0.05, 0) is 18.2 Å². The molecule has 0 bridgehead atoms. The van der Waals surface area contributed by atoms with Crippen molar-refractivity contribution in [3.05, 3.63) is 33.8 Å². The first-order chi connectivity index (χ1) is 8.63. The summed E-state index contributed by atoms with van der Waals surface area (Å²) in [7, 11) is 0. The van der Waals surface area contributed by atoms with Crippen LogP contribution in [0, 0.1) is 11.3 Å². The zero-order valence-electron chi connectivity index (χ0n) is 9.49. The van der Waals surface area contributed by atoms with Gasteiger partial charge < -0.3 is 10.2 Å². The lowest BCUT2D eigenvalue weighted by Gasteiger charge is -2.32. The fraction of sp³-hybridized carbons (Fsp3) is 0.333. The molecule has 0 aliphatic carbocycles. The predicted octanol–water partition coefficient (Wildman–Crippen LogP) is 1.93. The molecule has 6 heteroatoms. The Hall–Kier alpha value is -1.28. The lowest BCUT2D eigenvalue weighted by atomic mass is 10.1. The fourth-order valence-corrected chi connectivity index (χ4v) is 2.37. The van der Waals surface area contributed by atoms with E-state index in [0.717, 1.165) is 0 Å². The van der Waals surface area contributed by atoms with Crippen LogP contribution in [-0.4, -0.2) is 36.5 Å². The first-order valence-electron chi connectivity index (χ1n) is 5.50. The van der Waals surface area contributed by atoms with Crippen molar-refractivity contribution < 1.29 is 4.79 Å². The van der Waals surface area contributed by atoms with Crippen LogP contribution >= 0.6 is 23.2 Å². The highest BCUT2D eigenvalue weighted by molar-refractivity contribution is 6.36. The van der Waals surface area contributed by atoms with Crippen molar-refractivity contribution in [2.24, 2.45) is 0 Å². The number of hydrogen-bond donors (Lipinski definition) is 1. The molecule has 1 aromatic carbocycles. The van der Waals surface area contributed by atoms with E-state index >= 15 is 0 Å². The van der Waals surface area contributed by atoms with Gasteiger partial charge in [-0.2, -0.15) is 5.26 Å². The molecular formula is C12H11Cl2N3O. The summed E-state index contributed by atoms with van der Waals surface area (Å²) in [6.07, 6.45) is 0. The molecule has 1 unspecified atom stereocenters. The topological polar surface area (TPSA) is 56.1 Å². The fourth-order valence-electron chi connectivity index (χ4n) is 1.88. The molecule has 1 aromatic rings. The number of carbonyl (C=O) groups is 1. The molecule has 1 amide bonds. The first-order valence-corrected chi connectivity index (χ1v) is 6.25. The minimum atomic E-state index is -0.460. The molecule has 1 saturated heterocycles. The molecule has 0 spiro atoms. The molecular weight excluding hydrogens is 273 g/mol. The number of rotatable bonds is 1. The quantitative estimate of drug-likeness (QED) is 0.857. The number of benzene rings is 1. The molecule has 2 rings (SSSR count). The average molecular weight is 284 g/mol. The van der Waals surface area contributed by atoms with Gasteiger partial charge in [-0.1, -0.05) is 23.2 Å². The lowest BCUT2D eigenvalue weighted by molar-refractivity contribution is 0.0687. The SMILES string of the molecule is N#CC1CNCCN1C(=O)c1ccc(Cl)cc1Cl. The van der Waals surface area contributed by atoms with Gasteiger partial charge in [0.05, 0.1) is 16.7 Å². The van der Waals surface area contributed by atoms with Gasteiger partial charge >= 0.3 is 0 Å². The highest BCUT2D eigenvalue weighted by Gasteiger charge is 2.28. The Labute approximate surface area is 115 Å². The Morgan fingerprint density at radius 1 is 1.50 bits per heavy atom. The number of amides is 1. The Morgan fingerprint density at radius 2 is 2.28 bits per heavy atom. The van der Waals surface area contributed by atoms with Crippen LogP contribution in [0.4, 0.5) is 0 Å². The summed E-state index contributed by atoms with van der Waals surface area (Å²) in [5.41, 5.74) is 0.378. The maximum Gasteiger partial charge on any atom is 0.256 e. The van der Waals surface area contributed by atoms with Crippen molar-refractivity contribution in [2.45, 2.75) is 6.04 Å². The van der Waals surface area contributed by atoms with E-state index in [-0.39, 0.29) is 5.91 Å². The van der Waals surface area contributed by atoms with Crippen molar-refractivity contribution in [1.82, 2.24) is 10.2 Å². The Kier molecular flexibility index (Phi) is 4.07. The molecule has 0 aromatic heterocycles. The van der Waals surface area contributed by atoms with E-state index in [1.54, 1.807) is 12.1 Å². The van der Waals surface area contributed by atoms with Gasteiger partial charge in [0.1, 0.15) is 6.04 Å². The van der Waals surface area contributed by atoms with Crippen LogP contribution in [0.5, 0.6) is 0 Å². The van der Waals surface area contributed by atoms with Crippen LogP contribution in [0.2, 0.25) is 10.0 Å². The summed E-state index contributed by atoms with van der Waals surface area (Å²) in [6, 6.07) is 6.38. The van der Waals surface area contributed by atoms with E-state index in [1.807, 2.05) is 0 Å². The molecule has 1 N–H and O–H groups in total. The highest BCUT2D eigenvalue weighted by Crippen LogP contribution is 2.23. The standard InChI is InChI=1S/C12H11Cl2N3O/c13-8-1-2-10(11(14)5-8)12(18)17-4-3-16-7-9(17)6-15/h1-2,5,9,16H,3-4,7H2. The van der Waals surface area contributed by atoms with Gasteiger partial charge in [0.25, 0.3) is 5.91 Å². The van der Waals surface area contributed by atoms with Gasteiger partial charge in [0, 0.05) is 24.7 Å². The lowest BCUT2D eigenvalue weighted by Crippen LogP contribution is -2.53. The van der Waals surface area contributed by atoms with Crippen molar-refractivity contribution >= 4 is 29.1 Å². The third-order valence-corrected chi connectivity index (χ3v) is 3.36. The minimum Gasteiger partial charge on any atom is -0.320 e. The molecule has 94 valence electrons. The summed E-state index contributed by atoms with van der Waals surface area (Å²) < 4.78 is 0. The summed E-state index contributed by atoms with van der Waals surface area (Å²) in [5, 5.41) is 12.9. The maximum absolute atomic E-state index is 12.3. The van der Waals surface area contributed by atoms with Crippen molar-refractivity contribution in [1.29, 1.82) is 5.26 Å². The molecule has 0 radical (unpaired) electrons.